The van der Waals surface area contributed by atoms with E-state index in [1.165, 1.54) is 20.8 Å². The van der Waals surface area contributed by atoms with Gasteiger partial charge in [0.15, 0.2) is 17.2 Å². The predicted octanol–water partition coefficient (Wildman–Crippen LogP) is 1.12. The zero-order chi connectivity index (χ0) is 15.2. The monoisotopic (exact) mass is 270 g/mol. The van der Waals surface area contributed by atoms with E-state index in [0.717, 1.165) is 0 Å². The van der Waals surface area contributed by atoms with Crippen molar-refractivity contribution in [1.82, 2.24) is 0 Å². The van der Waals surface area contributed by atoms with E-state index in [2.05, 4.69) is 0 Å². The van der Waals surface area contributed by atoms with Gasteiger partial charge >= 0.3 is 5.97 Å². The molecule has 108 valence electrons. The number of carbonyl (C=O) groups excluding carboxylic acids is 3. The smallest absolute Gasteiger partial charge is 0.318 e. The molecule has 1 saturated heterocycles. The Labute approximate surface area is 113 Å². The molecule has 3 atom stereocenters. The maximum absolute atomic E-state index is 12.3. The standard InChI is InChI=1S/C14H22O5/c1-7(15)10(16)9(13(2,3)4)8-11(17)14(5,6)19-12(8)18/h8-10,16H,1-6H3/t8?,9-,10?/m0/s1. The second-order valence-corrected chi connectivity index (χ2v) is 6.72. The van der Waals surface area contributed by atoms with Gasteiger partial charge < -0.3 is 9.84 Å². The molecular formula is C14H22O5. The average Bonchev–Trinajstić information content (AvgIpc) is 2.38. The van der Waals surface area contributed by atoms with Crippen molar-refractivity contribution >= 4 is 17.5 Å². The van der Waals surface area contributed by atoms with Crippen LogP contribution < -0.4 is 0 Å². The Morgan fingerprint density at radius 1 is 1.32 bits per heavy atom. The van der Waals surface area contributed by atoms with E-state index in [1.807, 2.05) is 0 Å². The van der Waals surface area contributed by atoms with Gasteiger partial charge in [-0.05, 0) is 26.2 Å². The lowest BCUT2D eigenvalue weighted by molar-refractivity contribution is -0.153. The van der Waals surface area contributed by atoms with E-state index in [0.29, 0.717) is 0 Å². The number of Topliss-reactive ketones (excluding diaryl/α,β-unsaturated/α-hetero) is 2. The van der Waals surface area contributed by atoms with Crippen molar-refractivity contribution in [2.24, 2.45) is 17.3 Å². The summed E-state index contributed by atoms with van der Waals surface area (Å²) >= 11 is 0. The number of ketones is 2. The Balaban J connectivity index is 3.24. The number of ether oxygens (including phenoxy) is 1. The van der Waals surface area contributed by atoms with Gasteiger partial charge in [0.05, 0.1) is 0 Å². The van der Waals surface area contributed by atoms with Crippen molar-refractivity contribution in [2.45, 2.75) is 53.2 Å². The molecule has 1 aliphatic heterocycles. The highest BCUT2D eigenvalue weighted by Gasteiger charge is 2.56. The Morgan fingerprint density at radius 2 is 1.79 bits per heavy atom. The summed E-state index contributed by atoms with van der Waals surface area (Å²) in [4.78, 5) is 35.7. The Hall–Kier alpha value is -1.23. The van der Waals surface area contributed by atoms with Crippen LogP contribution in [0.4, 0.5) is 0 Å². The molecule has 2 unspecified atom stereocenters. The van der Waals surface area contributed by atoms with Crippen LogP contribution in [0.25, 0.3) is 0 Å². The molecular weight excluding hydrogens is 248 g/mol. The molecule has 0 aliphatic carbocycles. The molecule has 0 aromatic carbocycles. The normalized spacial score (nSPS) is 25.9. The van der Waals surface area contributed by atoms with E-state index in [-0.39, 0.29) is 5.78 Å². The predicted molar refractivity (Wildman–Crippen MR) is 68.3 cm³/mol. The quantitative estimate of drug-likeness (QED) is 0.614. The number of cyclic esters (lactones) is 1. The summed E-state index contributed by atoms with van der Waals surface area (Å²) in [6.07, 6.45) is -1.35. The lowest BCUT2D eigenvalue weighted by Gasteiger charge is -2.35. The van der Waals surface area contributed by atoms with E-state index >= 15 is 0 Å². The first kappa shape index (κ1) is 15.8. The van der Waals surface area contributed by atoms with E-state index in [1.54, 1.807) is 20.8 Å². The van der Waals surface area contributed by atoms with Crippen molar-refractivity contribution in [3.8, 4) is 0 Å². The van der Waals surface area contributed by atoms with Crippen molar-refractivity contribution in [2.75, 3.05) is 0 Å². The molecule has 5 nitrogen and oxygen atoms in total. The first-order chi connectivity index (χ1) is 8.39. The third kappa shape index (κ3) is 2.86. The molecule has 0 aromatic rings. The number of aliphatic hydroxyl groups excluding tert-OH is 1. The molecule has 19 heavy (non-hydrogen) atoms. The third-order valence-electron chi connectivity index (χ3n) is 3.60. The topological polar surface area (TPSA) is 80.7 Å². The molecule has 1 N–H and O–H groups in total. The number of esters is 1. The highest BCUT2D eigenvalue weighted by molar-refractivity contribution is 6.09. The molecule has 0 radical (unpaired) electrons. The second-order valence-electron chi connectivity index (χ2n) is 6.72. The van der Waals surface area contributed by atoms with Crippen LogP contribution in [0.1, 0.15) is 41.5 Å². The highest BCUT2D eigenvalue weighted by Crippen LogP contribution is 2.42. The lowest BCUT2D eigenvalue weighted by atomic mass is 9.67. The highest BCUT2D eigenvalue weighted by atomic mass is 16.6. The molecule has 1 heterocycles. The number of hydrogen-bond acceptors (Lipinski definition) is 5. The van der Waals surface area contributed by atoms with Gasteiger partial charge in [0.25, 0.3) is 0 Å². The van der Waals surface area contributed by atoms with Gasteiger partial charge in [-0.2, -0.15) is 0 Å². The summed E-state index contributed by atoms with van der Waals surface area (Å²) < 4.78 is 5.07. The summed E-state index contributed by atoms with van der Waals surface area (Å²) in [6.45, 7) is 9.65. The van der Waals surface area contributed by atoms with Crippen LogP contribution in [0.2, 0.25) is 0 Å². The minimum Gasteiger partial charge on any atom is -0.451 e. The SMILES string of the molecule is CC(=O)C(O)[C@H](C1C(=O)OC(C)(C)C1=O)C(C)(C)C. The van der Waals surface area contributed by atoms with Gasteiger partial charge in [-0.3, -0.25) is 14.4 Å². The van der Waals surface area contributed by atoms with Crippen molar-refractivity contribution in [3.63, 3.8) is 0 Å². The molecule has 0 bridgehead atoms. The fourth-order valence-electron chi connectivity index (χ4n) is 2.57. The van der Waals surface area contributed by atoms with Crippen LogP contribution in [-0.4, -0.2) is 34.3 Å². The zero-order valence-corrected chi connectivity index (χ0v) is 12.3. The minimum atomic E-state index is -1.35. The van der Waals surface area contributed by atoms with E-state index in [9.17, 15) is 19.5 Å². The molecule has 0 spiro atoms. The number of aliphatic hydroxyl groups is 1. The van der Waals surface area contributed by atoms with Gasteiger partial charge in [-0.25, -0.2) is 0 Å². The van der Waals surface area contributed by atoms with Crippen LogP contribution in [0.15, 0.2) is 0 Å². The molecule has 0 aromatic heterocycles. The van der Waals surface area contributed by atoms with Gasteiger partial charge in [0, 0.05) is 5.92 Å². The van der Waals surface area contributed by atoms with Crippen molar-refractivity contribution < 1.29 is 24.2 Å². The second kappa shape index (κ2) is 4.71. The summed E-state index contributed by atoms with van der Waals surface area (Å²) in [5, 5.41) is 10.1. The molecule has 0 saturated carbocycles. The third-order valence-corrected chi connectivity index (χ3v) is 3.60. The van der Waals surface area contributed by atoms with E-state index in [4.69, 9.17) is 4.74 Å². The largest absolute Gasteiger partial charge is 0.451 e. The maximum atomic E-state index is 12.3. The molecule has 1 aliphatic rings. The summed E-state index contributed by atoms with van der Waals surface area (Å²) in [5.74, 6) is -3.36. The zero-order valence-electron chi connectivity index (χ0n) is 12.3. The van der Waals surface area contributed by atoms with Gasteiger partial charge in [0.1, 0.15) is 12.0 Å². The fraction of sp³-hybridized carbons (Fsp3) is 0.786. The average molecular weight is 270 g/mol. The molecule has 1 fully saturated rings. The van der Waals surface area contributed by atoms with Crippen LogP contribution in [0.5, 0.6) is 0 Å². The van der Waals surface area contributed by atoms with Crippen molar-refractivity contribution in [3.05, 3.63) is 0 Å². The Kier molecular flexibility index (Phi) is 3.92. The van der Waals surface area contributed by atoms with Gasteiger partial charge in [0.2, 0.25) is 0 Å². The van der Waals surface area contributed by atoms with Crippen molar-refractivity contribution in [1.29, 1.82) is 0 Å². The molecule has 5 heteroatoms. The lowest BCUT2D eigenvalue weighted by Crippen LogP contribution is -2.46. The fourth-order valence-corrected chi connectivity index (χ4v) is 2.57. The summed E-state index contributed by atoms with van der Waals surface area (Å²) in [7, 11) is 0. The maximum Gasteiger partial charge on any atom is 0.318 e. The Bertz CT molecular complexity index is 416. The van der Waals surface area contributed by atoms with Crippen LogP contribution in [-0.2, 0) is 19.1 Å². The molecule has 1 rings (SSSR count). The van der Waals surface area contributed by atoms with Gasteiger partial charge in [-0.15, -0.1) is 0 Å². The number of hydrogen-bond donors (Lipinski definition) is 1. The number of carbonyl (C=O) groups is 3. The number of rotatable bonds is 3. The minimum absolute atomic E-state index is 0.377. The molecule has 0 amide bonds. The first-order valence-corrected chi connectivity index (χ1v) is 6.35. The van der Waals surface area contributed by atoms with E-state index < -0.39 is 40.7 Å². The van der Waals surface area contributed by atoms with Crippen LogP contribution in [0, 0.1) is 17.3 Å². The first-order valence-electron chi connectivity index (χ1n) is 6.35. The summed E-state index contributed by atoms with van der Waals surface area (Å²) in [5.41, 5.74) is -1.77. The summed E-state index contributed by atoms with van der Waals surface area (Å²) in [6, 6.07) is 0. The van der Waals surface area contributed by atoms with Gasteiger partial charge in [-0.1, -0.05) is 20.8 Å². The van der Waals surface area contributed by atoms with Crippen LogP contribution >= 0.6 is 0 Å². The van der Waals surface area contributed by atoms with Crippen LogP contribution in [0.3, 0.4) is 0 Å². The Morgan fingerprint density at radius 3 is 2.05 bits per heavy atom.